The molecule has 0 unspecified atom stereocenters. The van der Waals surface area contributed by atoms with Gasteiger partial charge in [-0.05, 0) is 96.1 Å². The number of hydrogen-bond acceptors (Lipinski definition) is 4. The summed E-state index contributed by atoms with van der Waals surface area (Å²) in [5.74, 6) is -0.819. The largest absolute Gasteiger partial charge is 0.361 e. The van der Waals surface area contributed by atoms with Crippen LogP contribution in [0.4, 0.5) is 0 Å². The SMILES string of the molecule is Cc1ccc(C(c2c[nH]c3ccc(C(=O)N/N=C/c4ccccc4C)cc23)c2c[nH]c3ccc(C(=O)N/N=C/c4ccccc4C)cc23)cc1. The van der Waals surface area contributed by atoms with Gasteiger partial charge in [0.05, 0.1) is 12.4 Å². The quantitative estimate of drug-likeness (QED) is 0.0925. The number of nitrogens with zero attached hydrogens (tertiary/aromatic N) is 2. The highest BCUT2D eigenvalue weighted by atomic mass is 16.2. The molecule has 8 heteroatoms. The third-order valence-corrected chi connectivity index (χ3v) is 9.10. The highest BCUT2D eigenvalue weighted by Gasteiger charge is 2.24. The minimum Gasteiger partial charge on any atom is -0.361 e. The molecule has 0 saturated carbocycles. The van der Waals surface area contributed by atoms with Crippen LogP contribution in [0, 0.1) is 20.8 Å². The van der Waals surface area contributed by atoms with Crippen LogP contribution in [0.5, 0.6) is 0 Å². The standard InChI is InChI=1S/C42H36N6O2/c1-26-12-14-29(15-13-26)40(36-24-43-38-18-16-30(20-34(36)38)41(49)47-45-22-32-10-6-4-8-27(32)2)37-25-44-39-19-17-31(21-35(37)39)42(50)48-46-23-33-11-7-5-9-28(33)3/h4-25,40,43-44H,1-3H3,(H,47,49)(H,48,50)/b45-22+,46-23+. The Morgan fingerprint density at radius 1 is 0.600 bits per heavy atom. The van der Waals surface area contributed by atoms with E-state index in [2.05, 4.69) is 62.2 Å². The molecular formula is C42H36N6O2. The molecule has 5 aromatic carbocycles. The molecule has 50 heavy (non-hydrogen) atoms. The van der Waals surface area contributed by atoms with Gasteiger partial charge in [-0.2, -0.15) is 10.2 Å². The lowest BCUT2D eigenvalue weighted by Gasteiger charge is -2.18. The molecule has 2 heterocycles. The van der Waals surface area contributed by atoms with Crippen molar-refractivity contribution >= 4 is 46.0 Å². The number of benzene rings is 5. The molecule has 0 saturated heterocycles. The highest BCUT2D eigenvalue weighted by Crippen LogP contribution is 2.40. The Morgan fingerprint density at radius 2 is 1.06 bits per heavy atom. The van der Waals surface area contributed by atoms with Gasteiger partial charge >= 0.3 is 0 Å². The van der Waals surface area contributed by atoms with E-state index in [1.165, 1.54) is 0 Å². The molecule has 0 atom stereocenters. The van der Waals surface area contributed by atoms with E-state index in [1.54, 1.807) is 24.6 Å². The van der Waals surface area contributed by atoms with Crippen molar-refractivity contribution in [3.8, 4) is 0 Å². The first-order valence-electron chi connectivity index (χ1n) is 16.4. The van der Waals surface area contributed by atoms with Crippen molar-refractivity contribution in [2.24, 2.45) is 10.2 Å². The normalized spacial score (nSPS) is 11.7. The summed E-state index contributed by atoms with van der Waals surface area (Å²) in [5.41, 5.74) is 16.4. The molecule has 2 aromatic heterocycles. The monoisotopic (exact) mass is 656 g/mol. The fraction of sp³-hybridized carbons (Fsp3) is 0.0952. The predicted molar refractivity (Wildman–Crippen MR) is 201 cm³/mol. The van der Waals surface area contributed by atoms with Crippen molar-refractivity contribution in [1.29, 1.82) is 0 Å². The molecule has 0 bridgehead atoms. The van der Waals surface area contributed by atoms with Gasteiger partial charge in [-0.1, -0.05) is 78.4 Å². The lowest BCUT2D eigenvalue weighted by molar-refractivity contribution is 0.0947. The summed E-state index contributed by atoms with van der Waals surface area (Å²) in [4.78, 5) is 33.4. The van der Waals surface area contributed by atoms with Crippen molar-refractivity contribution in [3.05, 3.63) is 177 Å². The Labute approximate surface area is 290 Å². The zero-order valence-corrected chi connectivity index (χ0v) is 28.0. The van der Waals surface area contributed by atoms with Gasteiger partial charge in [0.15, 0.2) is 0 Å². The summed E-state index contributed by atoms with van der Waals surface area (Å²) in [6, 6.07) is 35.4. The van der Waals surface area contributed by atoms with E-state index in [1.807, 2.05) is 99.0 Å². The highest BCUT2D eigenvalue weighted by molar-refractivity contribution is 6.01. The smallest absolute Gasteiger partial charge is 0.271 e. The second-order valence-corrected chi connectivity index (χ2v) is 12.5. The summed E-state index contributed by atoms with van der Waals surface area (Å²) >= 11 is 0. The summed E-state index contributed by atoms with van der Waals surface area (Å²) in [7, 11) is 0. The Balaban J connectivity index is 1.23. The number of aromatic amines is 2. The van der Waals surface area contributed by atoms with Gasteiger partial charge in [-0.25, -0.2) is 10.9 Å². The molecular weight excluding hydrogens is 621 g/mol. The molecule has 246 valence electrons. The molecule has 7 aromatic rings. The average Bonchev–Trinajstić information content (AvgIpc) is 3.75. The maximum atomic E-state index is 13.3. The molecule has 0 aliphatic heterocycles. The maximum Gasteiger partial charge on any atom is 0.271 e. The second kappa shape index (κ2) is 13.9. The molecule has 7 rings (SSSR count). The number of amides is 2. The van der Waals surface area contributed by atoms with Gasteiger partial charge in [0.25, 0.3) is 11.8 Å². The number of hydrogen-bond donors (Lipinski definition) is 4. The fourth-order valence-electron chi connectivity index (χ4n) is 6.24. The van der Waals surface area contributed by atoms with E-state index < -0.39 is 0 Å². The molecule has 2 amide bonds. The Bertz CT molecular complexity index is 2270. The third-order valence-electron chi connectivity index (χ3n) is 9.10. The van der Waals surface area contributed by atoms with Crippen LogP contribution in [0.25, 0.3) is 21.8 Å². The van der Waals surface area contributed by atoms with Gasteiger partial charge in [0.1, 0.15) is 0 Å². The van der Waals surface area contributed by atoms with Gasteiger partial charge < -0.3 is 9.97 Å². The van der Waals surface area contributed by atoms with E-state index in [-0.39, 0.29) is 17.7 Å². The van der Waals surface area contributed by atoms with E-state index in [4.69, 9.17) is 0 Å². The van der Waals surface area contributed by atoms with Crippen LogP contribution in [0.2, 0.25) is 0 Å². The zero-order valence-electron chi connectivity index (χ0n) is 28.0. The Hall–Kier alpha value is -6.54. The Morgan fingerprint density at radius 3 is 1.52 bits per heavy atom. The number of nitrogens with one attached hydrogen (secondary N) is 4. The summed E-state index contributed by atoms with van der Waals surface area (Å²) < 4.78 is 0. The van der Waals surface area contributed by atoms with Crippen LogP contribution in [-0.4, -0.2) is 34.2 Å². The minimum atomic E-state index is -0.302. The van der Waals surface area contributed by atoms with E-state index in [0.717, 1.165) is 66.3 Å². The van der Waals surface area contributed by atoms with Crippen LogP contribution >= 0.6 is 0 Å². The lowest BCUT2D eigenvalue weighted by Crippen LogP contribution is -2.17. The summed E-state index contributed by atoms with van der Waals surface area (Å²) in [6.45, 7) is 6.07. The van der Waals surface area contributed by atoms with Crippen LogP contribution in [0.1, 0.15) is 71.1 Å². The number of hydrazone groups is 2. The van der Waals surface area contributed by atoms with Gasteiger partial charge in [0.2, 0.25) is 0 Å². The minimum absolute atomic E-state index is 0.215. The van der Waals surface area contributed by atoms with E-state index in [0.29, 0.717) is 11.1 Å². The molecule has 0 spiro atoms. The predicted octanol–water partition coefficient (Wildman–Crippen LogP) is 8.28. The molecule has 8 nitrogen and oxygen atoms in total. The van der Waals surface area contributed by atoms with Crippen molar-refractivity contribution < 1.29 is 9.59 Å². The molecule has 0 aliphatic carbocycles. The van der Waals surface area contributed by atoms with Crippen molar-refractivity contribution in [1.82, 2.24) is 20.8 Å². The number of aryl methyl sites for hydroxylation is 3. The molecule has 0 radical (unpaired) electrons. The second-order valence-electron chi connectivity index (χ2n) is 12.5. The van der Waals surface area contributed by atoms with Crippen LogP contribution in [0.15, 0.2) is 132 Å². The number of carbonyl (C=O) groups excluding carboxylic acids is 2. The lowest BCUT2D eigenvalue weighted by atomic mass is 9.84. The van der Waals surface area contributed by atoms with E-state index in [9.17, 15) is 9.59 Å². The van der Waals surface area contributed by atoms with Gasteiger partial charge in [-0.15, -0.1) is 0 Å². The first-order chi connectivity index (χ1) is 24.4. The van der Waals surface area contributed by atoms with Crippen LogP contribution in [0.3, 0.4) is 0 Å². The van der Waals surface area contributed by atoms with Crippen LogP contribution in [-0.2, 0) is 0 Å². The van der Waals surface area contributed by atoms with Gasteiger partial charge in [0, 0.05) is 51.2 Å². The zero-order chi connectivity index (χ0) is 34.6. The van der Waals surface area contributed by atoms with Gasteiger partial charge in [-0.3, -0.25) is 9.59 Å². The molecule has 0 aliphatic rings. The number of fused-ring (bicyclic) bond motifs is 2. The van der Waals surface area contributed by atoms with Crippen molar-refractivity contribution in [3.63, 3.8) is 0 Å². The first kappa shape index (κ1) is 32.0. The average molecular weight is 657 g/mol. The summed E-state index contributed by atoms with van der Waals surface area (Å²) in [6.07, 6.45) is 7.32. The number of carbonyl (C=O) groups is 2. The van der Waals surface area contributed by atoms with Crippen molar-refractivity contribution in [2.45, 2.75) is 26.7 Å². The van der Waals surface area contributed by atoms with Crippen LogP contribution < -0.4 is 10.9 Å². The summed E-state index contributed by atoms with van der Waals surface area (Å²) in [5, 5.41) is 10.3. The molecule has 0 fully saturated rings. The number of aromatic nitrogens is 2. The van der Waals surface area contributed by atoms with Crippen molar-refractivity contribution in [2.75, 3.05) is 0 Å². The topological polar surface area (TPSA) is 114 Å². The number of H-pyrrole nitrogens is 2. The maximum absolute atomic E-state index is 13.3. The third kappa shape index (κ3) is 6.59. The Kier molecular flexibility index (Phi) is 8.90. The number of rotatable bonds is 9. The van der Waals surface area contributed by atoms with E-state index >= 15 is 0 Å². The first-order valence-corrected chi connectivity index (χ1v) is 16.4. The molecule has 4 N–H and O–H groups in total. The fourth-order valence-corrected chi connectivity index (χ4v) is 6.24.